The van der Waals surface area contributed by atoms with Crippen molar-refractivity contribution in [2.45, 2.75) is 46.5 Å². The molecule has 0 aliphatic heterocycles. The van der Waals surface area contributed by atoms with Crippen LogP contribution in [0.25, 0.3) is 10.8 Å². The van der Waals surface area contributed by atoms with Crippen LogP contribution in [0.4, 0.5) is 0 Å². The SMILES string of the molecule is C=C(C)C(=O)OCCCCc1ccc2cc(C(=O)Oc3ccc(OC(C)=O)c(CCOC(=O)C(=C)C)c3)ccc2c1. The number of hydrogen-bond acceptors (Lipinski definition) is 8. The predicted octanol–water partition coefficient (Wildman–Crippen LogP) is 6.09. The van der Waals surface area contributed by atoms with E-state index >= 15 is 0 Å². The maximum absolute atomic E-state index is 12.9. The zero-order valence-corrected chi connectivity index (χ0v) is 23.6. The minimum Gasteiger partial charge on any atom is -0.462 e. The highest BCUT2D eigenvalue weighted by Gasteiger charge is 2.14. The standard InChI is InChI=1S/C33H34O8/c1-21(2)31(35)38-16-7-6-8-24-9-10-26-19-28(12-11-25(26)18-24)33(37)41-29-13-14-30(40-23(5)34)27(20-29)15-17-39-32(36)22(3)4/h9-14,18-20H,1,3,6-8,15-17H2,2,4-5H3. The monoisotopic (exact) mass is 558 g/mol. The Bertz CT molecular complexity index is 1480. The number of rotatable bonds is 13. The third-order valence-electron chi connectivity index (χ3n) is 6.03. The van der Waals surface area contributed by atoms with Gasteiger partial charge in [-0.25, -0.2) is 14.4 Å². The number of esters is 4. The first-order chi connectivity index (χ1) is 19.5. The van der Waals surface area contributed by atoms with Gasteiger partial charge in [-0.05, 0) is 79.8 Å². The van der Waals surface area contributed by atoms with Crippen LogP contribution in [-0.4, -0.2) is 37.1 Å². The van der Waals surface area contributed by atoms with E-state index in [9.17, 15) is 19.2 Å². The third kappa shape index (κ3) is 9.46. The van der Waals surface area contributed by atoms with E-state index in [0.29, 0.717) is 23.3 Å². The van der Waals surface area contributed by atoms with Gasteiger partial charge in [0.1, 0.15) is 11.5 Å². The molecule has 3 aromatic rings. The van der Waals surface area contributed by atoms with Gasteiger partial charge in [0.15, 0.2) is 0 Å². The van der Waals surface area contributed by atoms with Crippen molar-refractivity contribution in [2.75, 3.05) is 13.2 Å². The van der Waals surface area contributed by atoms with Gasteiger partial charge in [-0.2, -0.15) is 0 Å². The molecule has 3 rings (SSSR count). The van der Waals surface area contributed by atoms with Crippen LogP contribution < -0.4 is 9.47 Å². The van der Waals surface area contributed by atoms with Gasteiger partial charge in [-0.15, -0.1) is 0 Å². The number of ether oxygens (including phenoxy) is 4. The maximum Gasteiger partial charge on any atom is 0.343 e. The van der Waals surface area contributed by atoms with Crippen LogP contribution in [0.15, 0.2) is 78.9 Å². The topological polar surface area (TPSA) is 105 Å². The summed E-state index contributed by atoms with van der Waals surface area (Å²) in [7, 11) is 0. The van der Waals surface area contributed by atoms with Gasteiger partial charge >= 0.3 is 23.9 Å². The van der Waals surface area contributed by atoms with Crippen LogP contribution in [0, 0.1) is 0 Å². The van der Waals surface area contributed by atoms with Crippen LogP contribution in [0.2, 0.25) is 0 Å². The largest absolute Gasteiger partial charge is 0.462 e. The smallest absolute Gasteiger partial charge is 0.343 e. The molecule has 0 fully saturated rings. The predicted molar refractivity (Wildman–Crippen MR) is 155 cm³/mol. The number of benzene rings is 3. The summed E-state index contributed by atoms with van der Waals surface area (Å²) < 4.78 is 21.1. The fraction of sp³-hybridized carbons (Fsp3) is 0.273. The van der Waals surface area contributed by atoms with Crippen LogP contribution in [0.1, 0.15) is 55.1 Å². The lowest BCUT2D eigenvalue weighted by molar-refractivity contribution is -0.139. The Labute approximate surface area is 239 Å². The van der Waals surface area contributed by atoms with E-state index in [1.54, 1.807) is 32.0 Å². The molecule has 8 heteroatoms. The Hall–Kier alpha value is -4.72. The van der Waals surface area contributed by atoms with E-state index in [2.05, 4.69) is 19.2 Å². The second-order valence-corrected chi connectivity index (χ2v) is 9.69. The molecule has 3 aromatic carbocycles. The van der Waals surface area contributed by atoms with Gasteiger partial charge in [0, 0.05) is 30.1 Å². The lowest BCUT2D eigenvalue weighted by Crippen LogP contribution is -2.11. The van der Waals surface area contributed by atoms with Crippen LogP contribution in [0.3, 0.4) is 0 Å². The molecule has 0 aromatic heterocycles. The summed E-state index contributed by atoms with van der Waals surface area (Å²) in [6.07, 6.45) is 2.70. The molecule has 41 heavy (non-hydrogen) atoms. The highest BCUT2D eigenvalue weighted by molar-refractivity contribution is 5.96. The van der Waals surface area contributed by atoms with Gasteiger partial charge in [0.25, 0.3) is 0 Å². The van der Waals surface area contributed by atoms with Crippen LogP contribution in [-0.2, 0) is 36.7 Å². The molecule has 0 atom stereocenters. The van der Waals surface area contributed by atoms with Crippen molar-refractivity contribution >= 4 is 34.6 Å². The lowest BCUT2D eigenvalue weighted by Gasteiger charge is -2.12. The third-order valence-corrected chi connectivity index (χ3v) is 6.03. The van der Waals surface area contributed by atoms with Crippen molar-refractivity contribution in [1.29, 1.82) is 0 Å². The first-order valence-electron chi connectivity index (χ1n) is 13.2. The molecule has 0 heterocycles. The molecule has 0 amide bonds. The molecule has 8 nitrogen and oxygen atoms in total. The molecule has 0 aliphatic rings. The Morgan fingerprint density at radius 3 is 2.02 bits per heavy atom. The molecular formula is C33H34O8. The number of hydrogen-bond donors (Lipinski definition) is 0. The van der Waals surface area contributed by atoms with E-state index in [1.807, 2.05) is 18.2 Å². The molecule has 0 saturated heterocycles. The second kappa shape index (κ2) is 14.6. The molecular weight excluding hydrogens is 524 g/mol. The molecule has 0 aliphatic carbocycles. The minimum atomic E-state index is -0.541. The summed E-state index contributed by atoms with van der Waals surface area (Å²) in [5, 5.41) is 1.88. The zero-order chi connectivity index (χ0) is 29.9. The van der Waals surface area contributed by atoms with E-state index in [0.717, 1.165) is 35.6 Å². The normalized spacial score (nSPS) is 10.5. The molecule has 0 N–H and O–H groups in total. The molecule has 0 radical (unpaired) electrons. The van der Waals surface area contributed by atoms with Crippen molar-refractivity contribution in [3.63, 3.8) is 0 Å². The van der Waals surface area contributed by atoms with Crippen LogP contribution in [0.5, 0.6) is 11.5 Å². The number of carbonyl (C=O) groups is 4. The highest BCUT2D eigenvalue weighted by atomic mass is 16.5. The van der Waals surface area contributed by atoms with E-state index in [4.69, 9.17) is 18.9 Å². The van der Waals surface area contributed by atoms with Crippen molar-refractivity contribution in [3.8, 4) is 11.5 Å². The Balaban J connectivity index is 1.64. The van der Waals surface area contributed by atoms with Gasteiger partial charge < -0.3 is 18.9 Å². The molecule has 0 saturated carbocycles. The van der Waals surface area contributed by atoms with Gasteiger partial charge in [0.05, 0.1) is 18.8 Å². The summed E-state index contributed by atoms with van der Waals surface area (Å²) >= 11 is 0. The molecule has 0 bridgehead atoms. The zero-order valence-electron chi connectivity index (χ0n) is 23.6. The van der Waals surface area contributed by atoms with Crippen molar-refractivity contribution < 1.29 is 38.1 Å². The number of unbranched alkanes of at least 4 members (excludes halogenated alkanes) is 1. The lowest BCUT2D eigenvalue weighted by atomic mass is 10.0. The average Bonchev–Trinajstić information content (AvgIpc) is 2.93. The summed E-state index contributed by atoms with van der Waals surface area (Å²) in [5.74, 6) is -1.38. The van der Waals surface area contributed by atoms with Gasteiger partial charge in [0.2, 0.25) is 0 Å². The second-order valence-electron chi connectivity index (χ2n) is 9.69. The first-order valence-corrected chi connectivity index (χ1v) is 13.2. The average molecular weight is 559 g/mol. The van der Waals surface area contributed by atoms with Crippen LogP contribution >= 0.6 is 0 Å². The van der Waals surface area contributed by atoms with E-state index < -0.39 is 17.9 Å². The number of aryl methyl sites for hydroxylation is 1. The summed E-state index contributed by atoms with van der Waals surface area (Å²) in [4.78, 5) is 47.6. The fourth-order valence-corrected chi connectivity index (χ4v) is 3.91. The Morgan fingerprint density at radius 2 is 1.34 bits per heavy atom. The highest BCUT2D eigenvalue weighted by Crippen LogP contribution is 2.27. The summed E-state index contributed by atoms with van der Waals surface area (Å²) in [5.41, 5.74) is 2.74. The van der Waals surface area contributed by atoms with E-state index in [1.165, 1.54) is 19.1 Å². The van der Waals surface area contributed by atoms with Crippen molar-refractivity contribution in [1.82, 2.24) is 0 Å². The molecule has 0 unspecified atom stereocenters. The Kier molecular flexibility index (Phi) is 11.0. The number of fused-ring (bicyclic) bond motifs is 1. The van der Waals surface area contributed by atoms with Gasteiger partial charge in [-0.3, -0.25) is 4.79 Å². The van der Waals surface area contributed by atoms with Gasteiger partial charge in [-0.1, -0.05) is 37.4 Å². The molecule has 214 valence electrons. The van der Waals surface area contributed by atoms with Crippen molar-refractivity contribution in [2.24, 2.45) is 0 Å². The Morgan fingerprint density at radius 1 is 0.683 bits per heavy atom. The number of carbonyl (C=O) groups excluding carboxylic acids is 4. The van der Waals surface area contributed by atoms with Crippen molar-refractivity contribution in [3.05, 3.63) is 95.6 Å². The minimum absolute atomic E-state index is 0.0342. The summed E-state index contributed by atoms with van der Waals surface area (Å²) in [6.45, 7) is 12.0. The van der Waals surface area contributed by atoms with E-state index in [-0.39, 0.29) is 36.1 Å². The first kappa shape index (κ1) is 30.8. The fourth-order valence-electron chi connectivity index (χ4n) is 3.91. The quantitative estimate of drug-likeness (QED) is 0.107. The maximum atomic E-state index is 12.9. The summed E-state index contributed by atoms with van der Waals surface area (Å²) in [6, 6.07) is 16.0. The molecule has 0 spiro atoms.